The second-order valence-electron chi connectivity index (χ2n) is 14.4. The molecule has 240 valence electrons. The van der Waals surface area contributed by atoms with E-state index in [4.69, 9.17) is 0 Å². The summed E-state index contributed by atoms with van der Waals surface area (Å²) in [4.78, 5) is 0. The highest BCUT2D eigenvalue weighted by Gasteiger charge is 2.35. The molecule has 0 saturated heterocycles. The van der Waals surface area contributed by atoms with E-state index in [1.165, 1.54) is 99.1 Å². The molecule has 0 spiro atoms. The molecule has 9 aromatic rings. The Bertz CT molecular complexity index is 2800. The lowest BCUT2D eigenvalue weighted by atomic mass is 9.81. The molecule has 0 N–H and O–H groups in total. The number of rotatable bonds is 4. The molecule has 0 saturated carbocycles. The van der Waals surface area contributed by atoms with Crippen LogP contribution in [0.3, 0.4) is 0 Å². The Morgan fingerprint density at radius 2 is 0.804 bits per heavy atom. The number of benzene rings is 9. The van der Waals surface area contributed by atoms with Crippen LogP contribution in [0, 0.1) is 0 Å². The zero-order valence-corrected chi connectivity index (χ0v) is 28.8. The summed E-state index contributed by atoms with van der Waals surface area (Å²) in [5, 5.41) is 7.61. The zero-order chi connectivity index (χ0) is 34.1. The number of hydrogen-bond acceptors (Lipinski definition) is 0. The first-order chi connectivity index (χ1) is 25.1. The van der Waals surface area contributed by atoms with Gasteiger partial charge in [0.2, 0.25) is 0 Å². The van der Waals surface area contributed by atoms with E-state index in [0.29, 0.717) is 0 Å². The maximum Gasteiger partial charge on any atom is 0.0158 e. The average Bonchev–Trinajstić information content (AvgIpc) is 3.42. The maximum atomic E-state index is 2.46. The molecule has 0 radical (unpaired) electrons. The van der Waals surface area contributed by atoms with Gasteiger partial charge in [-0.05, 0) is 111 Å². The van der Waals surface area contributed by atoms with Crippen molar-refractivity contribution < 1.29 is 0 Å². The summed E-state index contributed by atoms with van der Waals surface area (Å²) in [5.74, 6) is 0. The molecule has 9 aromatic carbocycles. The van der Waals surface area contributed by atoms with E-state index in [1.54, 1.807) is 0 Å². The Labute approximate surface area is 299 Å². The number of hydrogen-bond donors (Lipinski definition) is 0. The van der Waals surface area contributed by atoms with Gasteiger partial charge in [0.1, 0.15) is 0 Å². The Kier molecular flexibility index (Phi) is 6.63. The predicted octanol–water partition coefficient (Wildman–Crippen LogP) is 14.1. The zero-order valence-electron chi connectivity index (χ0n) is 28.8. The Morgan fingerprint density at radius 1 is 0.275 bits per heavy atom. The van der Waals surface area contributed by atoms with Crippen LogP contribution in [0.1, 0.15) is 25.0 Å². The van der Waals surface area contributed by atoms with Crippen molar-refractivity contribution in [2.24, 2.45) is 0 Å². The molecule has 0 amide bonds. The third-order valence-corrected chi connectivity index (χ3v) is 11.3. The van der Waals surface area contributed by atoms with Crippen LogP contribution in [0.25, 0.3) is 88.0 Å². The SMILES string of the molecule is CC1(C)c2ccccc2-c2cc(-c3c4ccccc4c(-c4ccc(-c5ccccc5)c5ccccc45)c4ccc(-c5ccccc5)cc34)ccc21. The monoisotopic (exact) mass is 648 g/mol. The molecule has 51 heavy (non-hydrogen) atoms. The summed E-state index contributed by atoms with van der Waals surface area (Å²) in [5.41, 5.74) is 15.5. The van der Waals surface area contributed by atoms with Crippen molar-refractivity contribution in [1.29, 1.82) is 0 Å². The lowest BCUT2D eigenvalue weighted by Gasteiger charge is -2.22. The lowest BCUT2D eigenvalue weighted by molar-refractivity contribution is 0.660. The first-order valence-corrected chi connectivity index (χ1v) is 17.9. The molecular weight excluding hydrogens is 613 g/mol. The normalized spacial score (nSPS) is 13.1. The van der Waals surface area contributed by atoms with E-state index in [0.717, 1.165) is 0 Å². The van der Waals surface area contributed by atoms with Crippen molar-refractivity contribution in [3.63, 3.8) is 0 Å². The van der Waals surface area contributed by atoms with Crippen LogP contribution >= 0.6 is 0 Å². The van der Waals surface area contributed by atoms with Crippen molar-refractivity contribution in [3.05, 3.63) is 193 Å². The Morgan fingerprint density at radius 3 is 1.55 bits per heavy atom. The van der Waals surface area contributed by atoms with Crippen LogP contribution in [-0.4, -0.2) is 0 Å². The van der Waals surface area contributed by atoms with E-state index in [2.05, 4.69) is 196 Å². The van der Waals surface area contributed by atoms with Gasteiger partial charge in [-0.3, -0.25) is 0 Å². The van der Waals surface area contributed by atoms with Crippen LogP contribution in [0.2, 0.25) is 0 Å². The molecular formula is C51H36. The quantitative estimate of drug-likeness (QED) is 0.167. The Hall–Kier alpha value is -6.24. The van der Waals surface area contributed by atoms with Gasteiger partial charge in [0, 0.05) is 5.41 Å². The van der Waals surface area contributed by atoms with Gasteiger partial charge in [0.05, 0.1) is 0 Å². The fraction of sp³-hybridized carbons (Fsp3) is 0.0588. The summed E-state index contributed by atoms with van der Waals surface area (Å²) < 4.78 is 0. The van der Waals surface area contributed by atoms with Gasteiger partial charge in [-0.1, -0.05) is 184 Å². The van der Waals surface area contributed by atoms with Crippen LogP contribution in [0.5, 0.6) is 0 Å². The summed E-state index contributed by atoms with van der Waals surface area (Å²) in [6, 6.07) is 67.4. The van der Waals surface area contributed by atoms with E-state index in [-0.39, 0.29) is 5.41 Å². The van der Waals surface area contributed by atoms with E-state index in [1.807, 2.05) is 0 Å². The molecule has 0 fully saturated rings. The van der Waals surface area contributed by atoms with Crippen LogP contribution < -0.4 is 0 Å². The standard InChI is InChI=1S/C51H36/c1-51(2)47-24-14-13-21-40(47)45-32-36(26-30-48(45)51)49-41-22-11-12-23-42(41)50(44-27-25-35(31-46(44)49)33-15-5-3-6-16-33)43-29-28-37(34-17-7-4-8-18-34)38-19-9-10-20-39(38)43/h3-32H,1-2H3. The molecule has 0 unspecified atom stereocenters. The molecule has 1 aliphatic carbocycles. The minimum Gasteiger partial charge on any atom is -0.0622 e. The summed E-state index contributed by atoms with van der Waals surface area (Å²) in [6.45, 7) is 4.72. The molecule has 1 aliphatic rings. The molecule has 0 aromatic heterocycles. The maximum absolute atomic E-state index is 2.46. The van der Waals surface area contributed by atoms with Crippen molar-refractivity contribution >= 4 is 32.3 Å². The molecule has 10 rings (SSSR count). The summed E-state index contributed by atoms with van der Waals surface area (Å²) in [6.07, 6.45) is 0. The second-order valence-corrected chi connectivity index (χ2v) is 14.4. The fourth-order valence-electron chi connectivity index (χ4n) is 8.85. The molecule has 0 bridgehead atoms. The van der Waals surface area contributed by atoms with Crippen molar-refractivity contribution in [2.45, 2.75) is 19.3 Å². The van der Waals surface area contributed by atoms with Gasteiger partial charge in [0.15, 0.2) is 0 Å². The highest BCUT2D eigenvalue weighted by molar-refractivity contribution is 6.24. The lowest BCUT2D eigenvalue weighted by Crippen LogP contribution is -2.14. The molecule has 0 nitrogen and oxygen atoms in total. The largest absolute Gasteiger partial charge is 0.0622 e. The summed E-state index contributed by atoms with van der Waals surface area (Å²) in [7, 11) is 0. The van der Waals surface area contributed by atoms with E-state index < -0.39 is 0 Å². The van der Waals surface area contributed by atoms with Crippen molar-refractivity contribution in [2.75, 3.05) is 0 Å². The van der Waals surface area contributed by atoms with Gasteiger partial charge in [-0.2, -0.15) is 0 Å². The second kappa shape index (κ2) is 11.4. The summed E-state index contributed by atoms with van der Waals surface area (Å²) >= 11 is 0. The molecule has 0 aliphatic heterocycles. The van der Waals surface area contributed by atoms with Gasteiger partial charge in [0.25, 0.3) is 0 Å². The van der Waals surface area contributed by atoms with Gasteiger partial charge in [-0.25, -0.2) is 0 Å². The van der Waals surface area contributed by atoms with Crippen LogP contribution in [0.15, 0.2) is 182 Å². The predicted molar refractivity (Wildman–Crippen MR) is 218 cm³/mol. The molecule has 0 atom stereocenters. The highest BCUT2D eigenvalue weighted by atomic mass is 14.4. The first kappa shape index (κ1) is 29.7. The smallest absolute Gasteiger partial charge is 0.0158 e. The minimum absolute atomic E-state index is 0.0358. The first-order valence-electron chi connectivity index (χ1n) is 17.9. The molecule has 0 heteroatoms. The topological polar surface area (TPSA) is 0 Å². The van der Waals surface area contributed by atoms with E-state index >= 15 is 0 Å². The Balaban J connectivity index is 1.31. The van der Waals surface area contributed by atoms with Crippen molar-refractivity contribution in [1.82, 2.24) is 0 Å². The molecule has 0 heterocycles. The fourth-order valence-corrected chi connectivity index (χ4v) is 8.85. The van der Waals surface area contributed by atoms with E-state index in [9.17, 15) is 0 Å². The van der Waals surface area contributed by atoms with Crippen molar-refractivity contribution in [3.8, 4) is 55.6 Å². The van der Waals surface area contributed by atoms with Gasteiger partial charge >= 0.3 is 0 Å². The van der Waals surface area contributed by atoms with Gasteiger partial charge < -0.3 is 0 Å². The van der Waals surface area contributed by atoms with Gasteiger partial charge in [-0.15, -0.1) is 0 Å². The third kappa shape index (κ3) is 4.53. The minimum atomic E-state index is -0.0358. The van der Waals surface area contributed by atoms with Crippen LogP contribution in [0.4, 0.5) is 0 Å². The highest BCUT2D eigenvalue weighted by Crippen LogP contribution is 2.52. The van der Waals surface area contributed by atoms with Crippen LogP contribution in [-0.2, 0) is 5.41 Å². The average molecular weight is 649 g/mol. The third-order valence-electron chi connectivity index (χ3n) is 11.3. The number of fused-ring (bicyclic) bond motifs is 6.